The zero-order chi connectivity index (χ0) is 21.3. The molecule has 30 heavy (non-hydrogen) atoms. The summed E-state index contributed by atoms with van der Waals surface area (Å²) in [5, 5.41) is 8.78. The highest BCUT2D eigenvalue weighted by molar-refractivity contribution is 7.14. The number of carbonyl (C=O) groups is 2. The molecule has 0 atom stereocenters. The zero-order valence-electron chi connectivity index (χ0n) is 16.9. The molecule has 4 rings (SSSR count). The van der Waals surface area contributed by atoms with Crippen molar-refractivity contribution in [3.63, 3.8) is 0 Å². The van der Waals surface area contributed by atoms with Gasteiger partial charge in [-0.2, -0.15) is 0 Å². The van der Waals surface area contributed by atoms with Gasteiger partial charge >= 0.3 is 0 Å². The van der Waals surface area contributed by atoms with E-state index >= 15 is 0 Å². The van der Waals surface area contributed by atoms with E-state index in [4.69, 9.17) is 8.83 Å². The number of anilines is 1. The molecule has 0 unspecified atom stereocenters. The number of aryl methyl sites for hydroxylation is 2. The Morgan fingerprint density at radius 2 is 1.97 bits per heavy atom. The molecule has 2 N–H and O–H groups in total. The minimum absolute atomic E-state index is 0.123. The summed E-state index contributed by atoms with van der Waals surface area (Å²) >= 11 is 1.32. The van der Waals surface area contributed by atoms with E-state index in [1.54, 1.807) is 18.4 Å². The molecule has 0 aliphatic rings. The molecular formula is C22H21N3O4S. The van der Waals surface area contributed by atoms with Crippen molar-refractivity contribution in [3.05, 3.63) is 58.4 Å². The molecule has 0 saturated carbocycles. The maximum absolute atomic E-state index is 12.5. The van der Waals surface area contributed by atoms with Crippen molar-refractivity contribution in [2.45, 2.75) is 33.7 Å². The lowest BCUT2D eigenvalue weighted by molar-refractivity contribution is -0.119. The van der Waals surface area contributed by atoms with E-state index in [0.717, 1.165) is 27.7 Å². The van der Waals surface area contributed by atoms with Gasteiger partial charge in [-0.1, -0.05) is 0 Å². The quantitative estimate of drug-likeness (QED) is 0.473. The highest BCUT2D eigenvalue weighted by atomic mass is 32.1. The van der Waals surface area contributed by atoms with Gasteiger partial charge in [-0.15, -0.1) is 11.3 Å². The van der Waals surface area contributed by atoms with Crippen molar-refractivity contribution in [1.29, 1.82) is 0 Å². The van der Waals surface area contributed by atoms with Crippen molar-refractivity contribution in [2.24, 2.45) is 0 Å². The maximum atomic E-state index is 12.5. The third kappa shape index (κ3) is 4.28. The molecule has 0 fully saturated rings. The van der Waals surface area contributed by atoms with Crippen molar-refractivity contribution in [1.82, 2.24) is 10.3 Å². The van der Waals surface area contributed by atoms with Crippen LogP contribution in [0.3, 0.4) is 0 Å². The van der Waals surface area contributed by atoms with Crippen LogP contribution in [-0.4, -0.2) is 16.8 Å². The first-order valence-corrected chi connectivity index (χ1v) is 10.3. The monoisotopic (exact) mass is 423 g/mol. The van der Waals surface area contributed by atoms with E-state index in [0.29, 0.717) is 28.9 Å². The Kier molecular flexibility index (Phi) is 5.41. The second-order valence-corrected chi connectivity index (χ2v) is 7.99. The van der Waals surface area contributed by atoms with Crippen LogP contribution in [0.4, 0.5) is 5.13 Å². The third-order valence-corrected chi connectivity index (χ3v) is 5.55. The van der Waals surface area contributed by atoms with E-state index in [1.807, 2.05) is 31.4 Å². The molecular weight excluding hydrogens is 402 g/mol. The number of carbonyl (C=O) groups excluding carboxylic acids is 2. The van der Waals surface area contributed by atoms with Crippen LogP contribution in [0.1, 0.15) is 29.4 Å². The fraction of sp³-hybridized carbons (Fsp3) is 0.227. The maximum Gasteiger partial charge on any atom is 0.230 e. The Morgan fingerprint density at radius 3 is 2.77 bits per heavy atom. The summed E-state index contributed by atoms with van der Waals surface area (Å²) in [4.78, 5) is 28.0. The first-order valence-electron chi connectivity index (χ1n) is 9.45. The van der Waals surface area contributed by atoms with Crippen LogP contribution in [-0.2, 0) is 22.6 Å². The number of hydrogen-bond acceptors (Lipinski definition) is 6. The average Bonchev–Trinajstić information content (AvgIpc) is 3.42. The SMILES string of the molecule is CC(=O)NCc1ccc(-c2csc(NC(=O)Cc3coc4cc(C)c(C)cc34)n2)o1. The van der Waals surface area contributed by atoms with Crippen molar-refractivity contribution < 1.29 is 18.4 Å². The smallest absolute Gasteiger partial charge is 0.230 e. The molecule has 0 saturated heterocycles. The lowest BCUT2D eigenvalue weighted by Crippen LogP contribution is -2.18. The number of furan rings is 2. The lowest BCUT2D eigenvalue weighted by atomic mass is 10.0. The Hall–Kier alpha value is -3.39. The Balaban J connectivity index is 1.42. The number of aromatic nitrogens is 1. The minimum Gasteiger partial charge on any atom is -0.464 e. The van der Waals surface area contributed by atoms with E-state index in [2.05, 4.69) is 15.6 Å². The Morgan fingerprint density at radius 1 is 1.17 bits per heavy atom. The molecule has 2 amide bonds. The Labute approximate surface area is 177 Å². The molecule has 8 heteroatoms. The van der Waals surface area contributed by atoms with E-state index in [9.17, 15) is 9.59 Å². The fourth-order valence-corrected chi connectivity index (χ4v) is 3.79. The molecule has 0 bridgehead atoms. The molecule has 0 radical (unpaired) electrons. The van der Waals surface area contributed by atoms with Gasteiger partial charge in [0.05, 0.1) is 19.2 Å². The number of amides is 2. The summed E-state index contributed by atoms with van der Waals surface area (Å²) in [5.41, 5.74) is 4.57. The van der Waals surface area contributed by atoms with Gasteiger partial charge in [0.15, 0.2) is 10.9 Å². The third-order valence-electron chi connectivity index (χ3n) is 4.80. The van der Waals surface area contributed by atoms with Gasteiger partial charge in [-0.3, -0.25) is 9.59 Å². The van der Waals surface area contributed by atoms with Gasteiger partial charge in [0.25, 0.3) is 0 Å². The standard InChI is InChI=1S/C22H21N3O4S/c1-12-6-17-15(10-28-20(17)7-13(12)2)8-21(27)25-22-24-18(11-30-22)19-5-4-16(29-19)9-23-14(3)26/h4-7,10-11H,8-9H2,1-3H3,(H,23,26)(H,24,25,27). The molecule has 0 aliphatic carbocycles. The summed E-state index contributed by atoms with van der Waals surface area (Å²) in [5.74, 6) is 0.930. The molecule has 3 heterocycles. The highest BCUT2D eigenvalue weighted by Crippen LogP contribution is 2.28. The predicted molar refractivity (Wildman–Crippen MR) is 115 cm³/mol. The summed E-state index contributed by atoms with van der Waals surface area (Å²) in [6.07, 6.45) is 1.84. The number of rotatable bonds is 6. The first kappa shape index (κ1) is 19.9. The van der Waals surface area contributed by atoms with Crippen molar-refractivity contribution >= 4 is 39.3 Å². The van der Waals surface area contributed by atoms with E-state index in [1.165, 1.54) is 18.3 Å². The lowest BCUT2D eigenvalue weighted by Gasteiger charge is -2.02. The number of benzene rings is 1. The van der Waals surface area contributed by atoms with Gasteiger partial charge in [0, 0.05) is 23.3 Å². The van der Waals surface area contributed by atoms with Crippen LogP contribution in [0.15, 0.2) is 44.7 Å². The largest absolute Gasteiger partial charge is 0.464 e. The van der Waals surface area contributed by atoms with E-state index in [-0.39, 0.29) is 18.2 Å². The Bertz CT molecular complexity index is 1230. The normalized spacial score (nSPS) is 11.0. The van der Waals surface area contributed by atoms with Gasteiger partial charge in [0.1, 0.15) is 17.0 Å². The number of thiazole rings is 1. The van der Waals surface area contributed by atoms with Crippen molar-refractivity contribution in [2.75, 3.05) is 5.32 Å². The molecule has 154 valence electrons. The number of hydrogen-bond donors (Lipinski definition) is 2. The molecule has 0 aliphatic heterocycles. The summed E-state index contributed by atoms with van der Waals surface area (Å²) < 4.78 is 11.3. The summed E-state index contributed by atoms with van der Waals surface area (Å²) in [6, 6.07) is 7.62. The van der Waals surface area contributed by atoms with Gasteiger partial charge in [-0.25, -0.2) is 4.98 Å². The van der Waals surface area contributed by atoms with Gasteiger partial charge < -0.3 is 19.5 Å². The predicted octanol–water partition coefficient (Wildman–Crippen LogP) is 4.58. The first-order chi connectivity index (χ1) is 14.4. The van der Waals surface area contributed by atoms with Crippen LogP contribution in [0.2, 0.25) is 0 Å². The number of nitrogens with one attached hydrogen (secondary N) is 2. The second-order valence-electron chi connectivity index (χ2n) is 7.13. The average molecular weight is 423 g/mol. The van der Waals surface area contributed by atoms with Crippen molar-refractivity contribution in [3.8, 4) is 11.5 Å². The molecule has 1 aromatic carbocycles. The molecule has 3 aromatic heterocycles. The summed E-state index contributed by atoms with van der Waals surface area (Å²) in [7, 11) is 0. The summed E-state index contributed by atoms with van der Waals surface area (Å²) in [6.45, 7) is 5.85. The molecule has 7 nitrogen and oxygen atoms in total. The number of fused-ring (bicyclic) bond motifs is 1. The second kappa shape index (κ2) is 8.16. The van der Waals surface area contributed by atoms with Crippen LogP contribution in [0.5, 0.6) is 0 Å². The molecule has 4 aromatic rings. The number of nitrogens with zero attached hydrogens (tertiary/aromatic N) is 1. The van der Waals surface area contributed by atoms with Crippen LogP contribution < -0.4 is 10.6 Å². The van der Waals surface area contributed by atoms with Gasteiger partial charge in [-0.05, 0) is 49.2 Å². The highest BCUT2D eigenvalue weighted by Gasteiger charge is 2.15. The minimum atomic E-state index is -0.164. The van der Waals surface area contributed by atoms with Crippen LogP contribution in [0.25, 0.3) is 22.4 Å². The molecule has 0 spiro atoms. The van der Waals surface area contributed by atoms with Crippen LogP contribution >= 0.6 is 11.3 Å². The fourth-order valence-electron chi connectivity index (χ4n) is 3.08. The zero-order valence-corrected chi connectivity index (χ0v) is 17.7. The van der Waals surface area contributed by atoms with Gasteiger partial charge in [0.2, 0.25) is 11.8 Å². The van der Waals surface area contributed by atoms with E-state index < -0.39 is 0 Å². The topological polar surface area (TPSA) is 97.4 Å². The van der Waals surface area contributed by atoms with Crippen LogP contribution in [0, 0.1) is 13.8 Å².